The van der Waals surface area contributed by atoms with E-state index in [0.717, 1.165) is 34.0 Å². The first-order valence-electron chi connectivity index (χ1n) is 35.5. The summed E-state index contributed by atoms with van der Waals surface area (Å²) in [5.74, 6) is -3.56. The van der Waals surface area contributed by atoms with Crippen LogP contribution in [-0.2, 0) is 84.3 Å². The van der Waals surface area contributed by atoms with E-state index < -0.39 is 150 Å². The number of aliphatic hydroxyl groups is 2. The topological polar surface area (TPSA) is 330 Å². The first kappa shape index (κ1) is 86.0. The molecule has 0 radical (unpaired) electrons. The Morgan fingerprint density at radius 1 is 0.645 bits per heavy atom. The summed E-state index contributed by atoms with van der Waals surface area (Å²) in [7, 11) is 14.7. The maximum atomic E-state index is 14.5. The van der Waals surface area contributed by atoms with Gasteiger partial charge in [0, 0.05) is 103 Å². The van der Waals surface area contributed by atoms with Crippen LogP contribution in [0.2, 0.25) is 10.0 Å². The van der Waals surface area contributed by atoms with Crippen LogP contribution >= 0.6 is 56.6 Å². The van der Waals surface area contributed by atoms with Gasteiger partial charge in [-0.05, 0) is 96.2 Å². The number of halogens is 2. The molecule has 2 aromatic carbocycles. The van der Waals surface area contributed by atoms with Crippen LogP contribution in [0.4, 0.5) is 21.0 Å². The summed E-state index contributed by atoms with van der Waals surface area (Å²) in [6.07, 6.45) is 1.14. The molecule has 17 atom stereocenters. The maximum absolute atomic E-state index is 14.5. The Balaban J connectivity index is 0.824. The largest absolute Gasteiger partial charge is 0.495 e. The zero-order valence-electron chi connectivity index (χ0n) is 63.7. The molecule has 4 fully saturated rings. The van der Waals surface area contributed by atoms with Crippen LogP contribution < -0.4 is 29.9 Å². The molecule has 0 aliphatic carbocycles. The fraction of sp³-hybridized carbons (Fsp3) is 0.613. The Labute approximate surface area is 647 Å². The van der Waals surface area contributed by atoms with Gasteiger partial charge in [0.25, 0.3) is 0 Å². The second-order valence-corrected chi connectivity index (χ2v) is 33.6. The number of likely N-dealkylation sites (N-methyl/N-ethyl adjacent to an activating group) is 2. The highest BCUT2D eigenvalue weighted by Gasteiger charge is 2.66. The number of methoxy groups -OCH3 is 4. The number of hydrogen-bond acceptors (Lipinski definition) is 24. The summed E-state index contributed by atoms with van der Waals surface area (Å²) in [5, 5.41) is 29.1. The molecule has 8 bridgehead atoms. The van der Waals surface area contributed by atoms with Crippen LogP contribution in [0.3, 0.4) is 0 Å². The number of amides is 6. The Morgan fingerprint density at radius 3 is 1.44 bits per heavy atom. The van der Waals surface area contributed by atoms with Crippen molar-refractivity contribution in [2.75, 3.05) is 77.9 Å². The van der Waals surface area contributed by atoms with Gasteiger partial charge in [-0.25, -0.2) is 19.2 Å². The molecule has 2 aromatic rings. The molecule has 107 heavy (non-hydrogen) atoms. The lowest BCUT2D eigenvalue weighted by molar-refractivity contribution is -0.162. The Hall–Kier alpha value is -6.58. The normalized spacial score (nSPS) is 31.4. The first-order valence-corrected chi connectivity index (χ1v) is 39.6. The number of carbonyl (C=O) groups excluding carboxylic acids is 9. The molecule has 8 rings (SSSR count). The molecule has 4 saturated heterocycles. The van der Waals surface area contributed by atoms with Crippen molar-refractivity contribution < 1.29 is 101 Å². The monoisotopic (exact) mass is 1590 g/mol. The first-order chi connectivity index (χ1) is 50.3. The standard InChI is InChI=1S/C75H102Cl2N6O21S3/c1-40-20-18-22-55(97-16)74(93)38-53(99-70(91)78-74)43(4)66-72(8,103-66)57(36-61(86)82(12)49-32-47(30-40)34-51(95-14)64(49)76)101-68(89)45(6)80(10)59(84)26-28-105-63(88)25-24-42(3)107-106-29-27-60(85)81(11)46(7)69(90)102-58-37-62(87)83(13)50-33-48(35-52(96-15)65(50)77)31-41(2)21-19-23-56(98-17)75(94)39-54(100-71(92)79-75)44(5)67-73(58,9)104-67/h18-23,32-35,42-46,53-58,66-67,93-94H,24-31,36-39H2,1-17H3,(H,78,91)(H,79,92)/b22-18+,23-19+,40-20+,41-21+. The summed E-state index contributed by atoms with van der Waals surface area (Å²) in [5.41, 5.74) is -2.50. The van der Waals surface area contributed by atoms with Crippen molar-refractivity contribution in [3.05, 3.63) is 93.0 Å². The van der Waals surface area contributed by atoms with Crippen LogP contribution in [0.15, 0.2) is 71.9 Å². The van der Waals surface area contributed by atoms with Gasteiger partial charge in [0.2, 0.25) is 23.6 Å². The number of hydrogen-bond donors (Lipinski definition) is 4. The van der Waals surface area contributed by atoms with Crippen molar-refractivity contribution >= 4 is 121 Å². The van der Waals surface area contributed by atoms with E-state index in [0.29, 0.717) is 47.9 Å². The van der Waals surface area contributed by atoms with Gasteiger partial charge in [0.05, 0.1) is 50.6 Å². The predicted molar refractivity (Wildman–Crippen MR) is 407 cm³/mol. The van der Waals surface area contributed by atoms with Crippen molar-refractivity contribution in [3.63, 3.8) is 0 Å². The molecule has 590 valence electrons. The van der Waals surface area contributed by atoms with E-state index in [4.69, 9.17) is 70.6 Å². The molecular formula is C75H102Cl2N6O21S3. The van der Waals surface area contributed by atoms with Crippen molar-refractivity contribution in [1.82, 2.24) is 20.4 Å². The number of allylic oxidation sites excluding steroid dienone is 6. The number of nitrogens with zero attached hydrogens (tertiary/aromatic N) is 4. The van der Waals surface area contributed by atoms with Crippen LogP contribution in [0.1, 0.15) is 125 Å². The molecule has 0 spiro atoms. The maximum Gasteiger partial charge on any atom is 0.409 e. The lowest BCUT2D eigenvalue weighted by atomic mass is 9.83. The third kappa shape index (κ3) is 20.7. The minimum atomic E-state index is -1.90. The van der Waals surface area contributed by atoms with Gasteiger partial charge in [-0.1, -0.05) is 125 Å². The van der Waals surface area contributed by atoms with Gasteiger partial charge in [-0.3, -0.25) is 34.6 Å². The molecule has 6 amide bonds. The van der Waals surface area contributed by atoms with Crippen molar-refractivity contribution in [3.8, 4) is 11.5 Å². The second-order valence-electron chi connectivity index (χ2n) is 28.8. The van der Waals surface area contributed by atoms with Gasteiger partial charge in [-0.15, -0.1) is 0 Å². The number of rotatable bonds is 21. The molecule has 32 heteroatoms. The predicted octanol–water partition coefficient (Wildman–Crippen LogP) is 9.63. The number of anilines is 2. The van der Waals surface area contributed by atoms with Crippen LogP contribution in [0.25, 0.3) is 0 Å². The number of fused-ring (bicyclic) bond motifs is 10. The quantitative estimate of drug-likeness (QED) is 0.0297. The van der Waals surface area contributed by atoms with E-state index >= 15 is 0 Å². The van der Waals surface area contributed by atoms with E-state index in [1.165, 1.54) is 97.6 Å². The molecule has 6 aliphatic rings. The van der Waals surface area contributed by atoms with Crippen molar-refractivity contribution in [1.29, 1.82) is 0 Å². The van der Waals surface area contributed by atoms with Gasteiger partial charge in [0.15, 0.2) is 16.6 Å². The third-order valence-electron chi connectivity index (χ3n) is 21.0. The van der Waals surface area contributed by atoms with E-state index in [1.54, 1.807) is 90.4 Å². The number of alkyl carbamates (subject to hydrolysis) is 2. The number of ether oxygens (including phenoxy) is 10. The SMILES string of the molecule is COc1cc2cc(c1Cl)N(C)C(=O)CC(OC(=O)C(C)N(C)C(=O)CCSSC(C)CCC(=O)SCCC(=O)N(C)C(C)C(=O)OC1CC(=O)N(C)c3cc(cc(OC)c3Cl)C/C(C)=C/C=C/C(OC)C3(O)CC(OC(=O)N3)C(C)C3OC13C)C1(C)OC1C(C)C1CC(O)(NC(=O)O1)C(OC)/C=C/C=C(\C)C2. The fourth-order valence-corrected chi connectivity index (χ4v) is 17.5. The van der Waals surface area contributed by atoms with Crippen molar-refractivity contribution in [2.45, 2.75) is 215 Å². The van der Waals surface area contributed by atoms with E-state index in [9.17, 15) is 53.4 Å². The average molecular weight is 1590 g/mol. The summed E-state index contributed by atoms with van der Waals surface area (Å²) in [4.78, 5) is 130. The highest BCUT2D eigenvalue weighted by Crippen LogP contribution is 2.52. The highest BCUT2D eigenvalue weighted by atomic mass is 35.5. The lowest BCUT2D eigenvalue weighted by Crippen LogP contribution is -2.63. The Morgan fingerprint density at radius 2 is 1.05 bits per heavy atom. The number of nitrogens with one attached hydrogen (secondary N) is 2. The molecule has 6 heterocycles. The van der Waals surface area contributed by atoms with Crippen molar-refractivity contribution in [2.24, 2.45) is 11.8 Å². The smallest absolute Gasteiger partial charge is 0.409 e. The van der Waals surface area contributed by atoms with Crippen LogP contribution in [0, 0.1) is 11.8 Å². The molecular weight excluding hydrogens is 1490 g/mol. The number of epoxide rings is 2. The highest BCUT2D eigenvalue weighted by molar-refractivity contribution is 8.76. The summed E-state index contributed by atoms with van der Waals surface area (Å²) in [6, 6.07) is 4.77. The number of thioether (sulfide) groups is 1. The average Bonchev–Trinajstić information content (AvgIpc) is 1.58. The van der Waals surface area contributed by atoms with Gasteiger partial charge >= 0.3 is 24.1 Å². The van der Waals surface area contributed by atoms with Crippen LogP contribution in [-0.4, -0.2) is 230 Å². The Kier molecular flexibility index (Phi) is 29.3. The summed E-state index contributed by atoms with van der Waals surface area (Å²) in [6.45, 7) is 15.6. The zero-order valence-corrected chi connectivity index (χ0v) is 67.6. The zero-order chi connectivity index (χ0) is 78.9. The molecule has 17 unspecified atom stereocenters. The molecule has 6 aliphatic heterocycles. The van der Waals surface area contributed by atoms with Gasteiger partial charge in [0.1, 0.15) is 81.5 Å². The molecule has 27 nitrogen and oxygen atoms in total. The lowest BCUT2D eigenvalue weighted by Gasteiger charge is -2.42. The van der Waals surface area contributed by atoms with E-state index in [2.05, 4.69) is 10.6 Å². The number of benzene rings is 2. The van der Waals surface area contributed by atoms with Crippen LogP contribution in [0.5, 0.6) is 11.5 Å². The number of esters is 2. The van der Waals surface area contributed by atoms with E-state index in [-0.39, 0.29) is 64.2 Å². The minimum absolute atomic E-state index is 0.0219. The van der Waals surface area contributed by atoms with Gasteiger partial charge < -0.3 is 77.2 Å². The summed E-state index contributed by atoms with van der Waals surface area (Å²) >= 11 is 14.7. The number of carbonyl (C=O) groups is 9. The minimum Gasteiger partial charge on any atom is -0.495 e. The summed E-state index contributed by atoms with van der Waals surface area (Å²) < 4.78 is 59.2. The molecule has 0 saturated carbocycles. The molecule has 4 N–H and O–H groups in total. The fourth-order valence-electron chi connectivity index (χ4n) is 13.8. The van der Waals surface area contributed by atoms with E-state index in [1.807, 2.05) is 32.9 Å². The molecule has 0 aromatic heterocycles. The van der Waals surface area contributed by atoms with Gasteiger partial charge in [-0.2, -0.15) is 0 Å². The second kappa shape index (κ2) is 36.5. The Bertz CT molecular complexity index is 3790. The third-order valence-corrected chi connectivity index (χ3v) is 25.7.